The van der Waals surface area contributed by atoms with Crippen LogP contribution in [-0.4, -0.2) is 40.3 Å². The van der Waals surface area contributed by atoms with Gasteiger partial charge in [-0.2, -0.15) is 0 Å². The lowest BCUT2D eigenvalue weighted by atomic mass is 10.0. The zero-order chi connectivity index (χ0) is 14.7. The second-order valence-electron chi connectivity index (χ2n) is 4.71. The molecule has 7 heteroatoms. The maximum Gasteiger partial charge on any atom is 0.153 e. The molecule has 108 valence electrons. The lowest BCUT2D eigenvalue weighted by Crippen LogP contribution is -2.26. The third-order valence-corrected chi connectivity index (χ3v) is 5.68. The number of hydrogen-bond donors (Lipinski definition) is 1. The zero-order valence-electron chi connectivity index (χ0n) is 11.0. The average Bonchev–Trinajstić information content (AvgIpc) is 2.25. The fourth-order valence-electron chi connectivity index (χ4n) is 1.73. The van der Waals surface area contributed by atoms with Gasteiger partial charge in [-0.15, -0.1) is 0 Å². The summed E-state index contributed by atoms with van der Waals surface area (Å²) in [4.78, 5) is 0. The van der Waals surface area contributed by atoms with Gasteiger partial charge in [-0.3, -0.25) is 0 Å². The first kappa shape index (κ1) is 16.1. The molecule has 5 nitrogen and oxygen atoms in total. The summed E-state index contributed by atoms with van der Waals surface area (Å²) >= 11 is 0. The van der Waals surface area contributed by atoms with Crippen LogP contribution in [0.5, 0.6) is 0 Å². The minimum absolute atomic E-state index is 0.243. The van der Waals surface area contributed by atoms with E-state index in [-0.39, 0.29) is 17.3 Å². The Morgan fingerprint density at radius 3 is 2.21 bits per heavy atom. The Balaban J connectivity index is 2.76. The molecule has 0 radical (unpaired) electrons. The van der Waals surface area contributed by atoms with E-state index in [1.54, 1.807) is 12.1 Å². The molecule has 1 unspecified atom stereocenters. The zero-order valence-corrected chi connectivity index (χ0v) is 12.7. The highest BCUT2D eigenvalue weighted by Gasteiger charge is 2.20. The van der Waals surface area contributed by atoms with Crippen molar-refractivity contribution in [1.82, 2.24) is 0 Å². The Morgan fingerprint density at radius 1 is 1.11 bits per heavy atom. The lowest BCUT2D eigenvalue weighted by Gasteiger charge is -2.14. The minimum atomic E-state index is -3.48. The Bertz CT molecular complexity index is 635. The molecular weight excluding hydrogens is 286 g/mol. The van der Waals surface area contributed by atoms with Crippen LogP contribution in [0.4, 0.5) is 0 Å². The highest BCUT2D eigenvalue weighted by atomic mass is 32.2. The van der Waals surface area contributed by atoms with Crippen LogP contribution in [0.3, 0.4) is 0 Å². The van der Waals surface area contributed by atoms with E-state index < -0.39 is 25.7 Å². The van der Waals surface area contributed by atoms with E-state index >= 15 is 0 Å². The molecule has 0 saturated carbocycles. The van der Waals surface area contributed by atoms with E-state index in [2.05, 4.69) is 0 Å². The maximum atomic E-state index is 11.8. The highest BCUT2D eigenvalue weighted by molar-refractivity contribution is 7.94. The van der Waals surface area contributed by atoms with Crippen LogP contribution in [0.25, 0.3) is 0 Å². The van der Waals surface area contributed by atoms with E-state index in [1.807, 2.05) is 19.1 Å². The molecule has 0 aromatic heterocycles. The van der Waals surface area contributed by atoms with Gasteiger partial charge in [0.25, 0.3) is 0 Å². The third-order valence-electron chi connectivity index (χ3n) is 2.79. The normalized spacial score (nSPS) is 14.3. The van der Waals surface area contributed by atoms with E-state index in [9.17, 15) is 16.8 Å². The van der Waals surface area contributed by atoms with Crippen LogP contribution >= 0.6 is 0 Å². The molecule has 0 spiro atoms. The molecule has 1 aromatic carbocycles. The van der Waals surface area contributed by atoms with Gasteiger partial charge in [-0.1, -0.05) is 24.3 Å². The van der Waals surface area contributed by atoms with Gasteiger partial charge in [-0.05, 0) is 18.1 Å². The summed E-state index contributed by atoms with van der Waals surface area (Å²) in [6, 6.07) is 6.66. The van der Waals surface area contributed by atoms with Crippen LogP contribution in [0.15, 0.2) is 24.3 Å². The Kier molecular flexibility index (Phi) is 5.11. The molecule has 0 saturated heterocycles. The van der Waals surface area contributed by atoms with Gasteiger partial charge < -0.3 is 5.73 Å². The molecule has 1 aromatic rings. The standard InChI is InChI=1S/C12H19NO4S2/c1-10-5-3-4-6-11(10)12(13)9-19(16,17)8-7-18(2,14)15/h3-6,12H,7-9,13H2,1-2H3. The number of nitrogens with two attached hydrogens (primary N) is 1. The maximum absolute atomic E-state index is 11.8. The van der Waals surface area contributed by atoms with Crippen molar-refractivity contribution < 1.29 is 16.8 Å². The quantitative estimate of drug-likeness (QED) is 0.823. The van der Waals surface area contributed by atoms with E-state index in [1.165, 1.54) is 0 Å². The van der Waals surface area contributed by atoms with Crippen LogP contribution < -0.4 is 5.73 Å². The molecule has 19 heavy (non-hydrogen) atoms. The van der Waals surface area contributed by atoms with Gasteiger partial charge in [0.15, 0.2) is 9.84 Å². The predicted octanol–water partition coefficient (Wildman–Crippen LogP) is 0.454. The van der Waals surface area contributed by atoms with Crippen LogP contribution in [0.1, 0.15) is 17.2 Å². The van der Waals surface area contributed by atoms with E-state index in [0.29, 0.717) is 0 Å². The Morgan fingerprint density at radius 2 is 1.68 bits per heavy atom. The number of rotatable bonds is 6. The second kappa shape index (κ2) is 6.02. The lowest BCUT2D eigenvalue weighted by molar-refractivity contribution is 0.585. The van der Waals surface area contributed by atoms with Crippen molar-refractivity contribution in [2.75, 3.05) is 23.5 Å². The van der Waals surface area contributed by atoms with Crippen molar-refractivity contribution in [3.8, 4) is 0 Å². The van der Waals surface area contributed by atoms with Crippen molar-refractivity contribution in [3.63, 3.8) is 0 Å². The highest BCUT2D eigenvalue weighted by Crippen LogP contribution is 2.17. The molecule has 2 N–H and O–H groups in total. The first-order valence-electron chi connectivity index (χ1n) is 5.80. The number of benzene rings is 1. The molecule has 1 atom stereocenters. The molecule has 0 bridgehead atoms. The molecule has 0 aliphatic heterocycles. The van der Waals surface area contributed by atoms with Gasteiger partial charge in [0.1, 0.15) is 9.84 Å². The van der Waals surface area contributed by atoms with E-state index in [0.717, 1.165) is 17.4 Å². The summed E-state index contributed by atoms with van der Waals surface area (Å²) in [7, 11) is -6.77. The first-order chi connectivity index (χ1) is 8.61. The van der Waals surface area contributed by atoms with Crippen LogP contribution in [0, 0.1) is 6.92 Å². The number of aryl methyl sites for hydroxylation is 1. The molecule has 0 aliphatic carbocycles. The summed E-state index contributed by atoms with van der Waals surface area (Å²) in [5.41, 5.74) is 7.59. The molecule has 0 aliphatic rings. The Labute approximate surface area is 114 Å². The number of sulfone groups is 2. The van der Waals surface area contributed by atoms with Crippen LogP contribution in [0.2, 0.25) is 0 Å². The fourth-order valence-corrected chi connectivity index (χ4v) is 4.85. The van der Waals surface area contributed by atoms with Crippen LogP contribution in [-0.2, 0) is 19.7 Å². The SMILES string of the molecule is Cc1ccccc1C(N)CS(=O)(=O)CCS(C)(=O)=O. The average molecular weight is 305 g/mol. The second-order valence-corrected chi connectivity index (χ2v) is 9.20. The van der Waals surface area contributed by atoms with E-state index in [4.69, 9.17) is 5.73 Å². The molecular formula is C12H19NO4S2. The molecule has 0 heterocycles. The smallest absolute Gasteiger partial charge is 0.153 e. The topological polar surface area (TPSA) is 94.3 Å². The van der Waals surface area contributed by atoms with Gasteiger partial charge in [0, 0.05) is 12.3 Å². The van der Waals surface area contributed by atoms with Gasteiger partial charge >= 0.3 is 0 Å². The van der Waals surface area contributed by atoms with Crippen molar-refractivity contribution in [2.45, 2.75) is 13.0 Å². The fraction of sp³-hybridized carbons (Fsp3) is 0.500. The Hall–Kier alpha value is -0.920. The molecule has 0 fully saturated rings. The van der Waals surface area contributed by atoms with Crippen molar-refractivity contribution >= 4 is 19.7 Å². The van der Waals surface area contributed by atoms with Crippen molar-refractivity contribution in [2.24, 2.45) is 5.73 Å². The third kappa shape index (κ3) is 5.71. The summed E-state index contributed by atoms with van der Waals surface area (Å²) < 4.78 is 45.6. The summed E-state index contributed by atoms with van der Waals surface area (Å²) in [5, 5.41) is 0. The summed E-state index contributed by atoms with van der Waals surface area (Å²) in [5.74, 6) is -0.991. The largest absolute Gasteiger partial charge is 0.323 e. The number of hydrogen-bond acceptors (Lipinski definition) is 5. The van der Waals surface area contributed by atoms with Crippen molar-refractivity contribution in [3.05, 3.63) is 35.4 Å². The summed E-state index contributed by atoms with van der Waals surface area (Å²) in [6.45, 7) is 1.86. The van der Waals surface area contributed by atoms with Gasteiger partial charge in [0.2, 0.25) is 0 Å². The monoisotopic (exact) mass is 305 g/mol. The molecule has 1 rings (SSSR count). The predicted molar refractivity (Wildman–Crippen MR) is 76.5 cm³/mol. The summed E-state index contributed by atoms with van der Waals surface area (Å²) in [6.07, 6.45) is 1.02. The minimum Gasteiger partial charge on any atom is -0.323 e. The van der Waals surface area contributed by atoms with Gasteiger partial charge in [-0.25, -0.2) is 16.8 Å². The first-order valence-corrected chi connectivity index (χ1v) is 9.68. The van der Waals surface area contributed by atoms with Crippen molar-refractivity contribution in [1.29, 1.82) is 0 Å². The van der Waals surface area contributed by atoms with Gasteiger partial charge in [0.05, 0.1) is 17.3 Å². The molecule has 0 amide bonds.